The van der Waals surface area contributed by atoms with Crippen LogP contribution < -0.4 is 0 Å². The molecular formula is C16H18BrN. The van der Waals surface area contributed by atoms with Crippen LogP contribution in [-0.2, 0) is 5.41 Å². The van der Waals surface area contributed by atoms with Gasteiger partial charge in [0, 0.05) is 4.47 Å². The van der Waals surface area contributed by atoms with Crippen molar-refractivity contribution in [2.45, 2.75) is 50.4 Å². The number of hydrogen-bond donors (Lipinski definition) is 0. The molecule has 0 saturated heterocycles. The fourth-order valence-corrected chi connectivity index (χ4v) is 4.26. The van der Waals surface area contributed by atoms with Gasteiger partial charge in [0.15, 0.2) is 0 Å². The lowest BCUT2D eigenvalue weighted by molar-refractivity contribution is 0.0168. The zero-order chi connectivity index (χ0) is 12.6. The van der Waals surface area contributed by atoms with Crippen molar-refractivity contribution in [1.29, 1.82) is 5.26 Å². The van der Waals surface area contributed by atoms with Gasteiger partial charge in [-0.25, -0.2) is 0 Å². The summed E-state index contributed by atoms with van der Waals surface area (Å²) in [6.07, 6.45) is 8.96. The van der Waals surface area contributed by atoms with Crippen LogP contribution in [-0.4, -0.2) is 0 Å². The van der Waals surface area contributed by atoms with Crippen molar-refractivity contribution in [2.24, 2.45) is 5.41 Å². The van der Waals surface area contributed by atoms with Crippen LogP contribution >= 0.6 is 15.9 Å². The second-order valence-electron chi connectivity index (χ2n) is 6.12. The molecule has 0 aromatic heterocycles. The molecule has 1 aromatic rings. The summed E-state index contributed by atoms with van der Waals surface area (Å²) in [4.78, 5) is 0. The van der Waals surface area contributed by atoms with Crippen molar-refractivity contribution in [3.05, 3.63) is 34.3 Å². The van der Waals surface area contributed by atoms with Gasteiger partial charge >= 0.3 is 0 Å². The van der Waals surface area contributed by atoms with Crippen LogP contribution in [0.15, 0.2) is 28.7 Å². The lowest BCUT2D eigenvalue weighted by Gasteiger charge is -2.55. The van der Waals surface area contributed by atoms with Crippen molar-refractivity contribution in [3.8, 4) is 6.07 Å². The van der Waals surface area contributed by atoms with E-state index in [-0.39, 0.29) is 5.41 Å². The maximum absolute atomic E-state index is 9.61. The maximum atomic E-state index is 9.61. The number of hydrogen-bond acceptors (Lipinski definition) is 1. The summed E-state index contributed by atoms with van der Waals surface area (Å²) in [6.45, 7) is 0. The predicted molar refractivity (Wildman–Crippen MR) is 76.2 cm³/mol. The minimum Gasteiger partial charge on any atom is -0.197 e. The Hall–Kier alpha value is -0.810. The van der Waals surface area contributed by atoms with Crippen molar-refractivity contribution in [2.75, 3.05) is 0 Å². The third kappa shape index (κ3) is 1.89. The molecule has 0 atom stereocenters. The van der Waals surface area contributed by atoms with Gasteiger partial charge in [-0.05, 0) is 48.8 Å². The van der Waals surface area contributed by atoms with Crippen LogP contribution in [0.1, 0.15) is 50.5 Å². The summed E-state index contributed by atoms with van der Waals surface area (Å²) in [7, 11) is 0. The first-order valence-electron chi connectivity index (χ1n) is 6.86. The summed E-state index contributed by atoms with van der Waals surface area (Å²) in [5.41, 5.74) is 1.52. The Labute approximate surface area is 117 Å². The standard InChI is InChI=1S/C16H18BrN/c17-14-6-4-13(5-7-14)16(12-18)10-15(11-16)8-2-1-3-9-15/h4-7H,1-3,8-11H2. The first kappa shape index (κ1) is 12.2. The number of benzene rings is 1. The first-order valence-corrected chi connectivity index (χ1v) is 7.65. The summed E-state index contributed by atoms with van der Waals surface area (Å²) in [5, 5.41) is 9.61. The number of rotatable bonds is 1. The third-order valence-corrected chi connectivity index (χ3v) is 5.41. The summed E-state index contributed by atoms with van der Waals surface area (Å²) >= 11 is 3.46. The molecule has 2 aliphatic rings. The zero-order valence-corrected chi connectivity index (χ0v) is 12.2. The molecule has 1 spiro atoms. The fraction of sp³-hybridized carbons (Fsp3) is 0.562. The Morgan fingerprint density at radius 1 is 1.00 bits per heavy atom. The second kappa shape index (κ2) is 4.38. The smallest absolute Gasteiger partial charge is 0.0833 e. The molecule has 0 unspecified atom stereocenters. The van der Waals surface area contributed by atoms with Gasteiger partial charge in [-0.1, -0.05) is 47.3 Å². The van der Waals surface area contributed by atoms with Gasteiger partial charge < -0.3 is 0 Å². The molecule has 2 saturated carbocycles. The number of nitriles is 1. The highest BCUT2D eigenvalue weighted by Crippen LogP contribution is 2.61. The largest absolute Gasteiger partial charge is 0.197 e. The third-order valence-electron chi connectivity index (χ3n) is 4.88. The molecule has 3 rings (SSSR count). The molecule has 0 heterocycles. The molecule has 0 radical (unpaired) electrons. The molecule has 2 fully saturated rings. The topological polar surface area (TPSA) is 23.8 Å². The SMILES string of the molecule is N#CC1(c2ccc(Br)cc2)CC2(CCCCC2)C1. The Bertz CT molecular complexity index is 469. The van der Waals surface area contributed by atoms with E-state index in [4.69, 9.17) is 0 Å². The normalized spacial score (nSPS) is 24.2. The van der Waals surface area contributed by atoms with E-state index >= 15 is 0 Å². The van der Waals surface area contributed by atoms with Crippen molar-refractivity contribution >= 4 is 15.9 Å². The first-order chi connectivity index (χ1) is 8.68. The Kier molecular flexibility index (Phi) is 2.98. The van der Waals surface area contributed by atoms with Gasteiger partial charge in [0.1, 0.15) is 0 Å². The molecule has 94 valence electrons. The molecule has 0 bridgehead atoms. The van der Waals surface area contributed by atoms with E-state index in [1.165, 1.54) is 37.7 Å². The lowest BCUT2D eigenvalue weighted by atomic mass is 9.47. The molecule has 1 nitrogen and oxygen atoms in total. The number of nitrogens with zero attached hydrogens (tertiary/aromatic N) is 1. The highest BCUT2D eigenvalue weighted by molar-refractivity contribution is 9.10. The minimum absolute atomic E-state index is 0.196. The average Bonchev–Trinajstić information content (AvgIpc) is 2.37. The van der Waals surface area contributed by atoms with Gasteiger partial charge in [-0.15, -0.1) is 0 Å². The van der Waals surface area contributed by atoms with Gasteiger partial charge in [0.05, 0.1) is 11.5 Å². The van der Waals surface area contributed by atoms with Crippen LogP contribution in [0.3, 0.4) is 0 Å². The minimum atomic E-state index is -0.196. The fourth-order valence-electron chi connectivity index (χ4n) is 4.00. The van der Waals surface area contributed by atoms with Crippen LogP contribution in [0.25, 0.3) is 0 Å². The van der Waals surface area contributed by atoms with Crippen LogP contribution in [0.4, 0.5) is 0 Å². The Balaban J connectivity index is 1.82. The molecule has 0 aliphatic heterocycles. The van der Waals surface area contributed by atoms with E-state index in [1.807, 2.05) is 0 Å². The highest BCUT2D eigenvalue weighted by Gasteiger charge is 2.55. The quantitative estimate of drug-likeness (QED) is 0.719. The highest BCUT2D eigenvalue weighted by atomic mass is 79.9. The van der Waals surface area contributed by atoms with E-state index in [0.717, 1.165) is 17.3 Å². The summed E-state index contributed by atoms with van der Waals surface area (Å²) in [5.74, 6) is 0. The molecule has 2 aliphatic carbocycles. The Morgan fingerprint density at radius 3 is 2.17 bits per heavy atom. The molecule has 0 N–H and O–H groups in total. The van der Waals surface area contributed by atoms with E-state index in [2.05, 4.69) is 46.3 Å². The van der Waals surface area contributed by atoms with Crippen molar-refractivity contribution in [3.63, 3.8) is 0 Å². The molecule has 0 amide bonds. The molecule has 18 heavy (non-hydrogen) atoms. The Morgan fingerprint density at radius 2 is 1.61 bits per heavy atom. The second-order valence-corrected chi connectivity index (χ2v) is 7.03. The van der Waals surface area contributed by atoms with Gasteiger partial charge in [0.25, 0.3) is 0 Å². The van der Waals surface area contributed by atoms with Crippen LogP contribution in [0, 0.1) is 16.7 Å². The predicted octanol–water partition coefficient (Wildman–Crippen LogP) is 4.95. The van der Waals surface area contributed by atoms with Crippen LogP contribution in [0.2, 0.25) is 0 Å². The monoisotopic (exact) mass is 303 g/mol. The maximum Gasteiger partial charge on any atom is 0.0833 e. The average molecular weight is 304 g/mol. The van der Waals surface area contributed by atoms with E-state index in [9.17, 15) is 5.26 Å². The number of halogens is 1. The van der Waals surface area contributed by atoms with E-state index < -0.39 is 0 Å². The summed E-state index contributed by atoms with van der Waals surface area (Å²) < 4.78 is 1.09. The van der Waals surface area contributed by atoms with Crippen LogP contribution in [0.5, 0.6) is 0 Å². The van der Waals surface area contributed by atoms with E-state index in [0.29, 0.717) is 5.41 Å². The summed E-state index contributed by atoms with van der Waals surface area (Å²) in [6, 6.07) is 10.9. The van der Waals surface area contributed by atoms with Crippen molar-refractivity contribution in [1.82, 2.24) is 0 Å². The molecule has 2 heteroatoms. The lowest BCUT2D eigenvalue weighted by Crippen LogP contribution is -2.49. The van der Waals surface area contributed by atoms with Gasteiger partial charge in [0.2, 0.25) is 0 Å². The van der Waals surface area contributed by atoms with Gasteiger partial charge in [-0.3, -0.25) is 0 Å². The molecule has 1 aromatic carbocycles. The van der Waals surface area contributed by atoms with Crippen molar-refractivity contribution < 1.29 is 0 Å². The van der Waals surface area contributed by atoms with E-state index in [1.54, 1.807) is 0 Å². The zero-order valence-electron chi connectivity index (χ0n) is 10.6. The van der Waals surface area contributed by atoms with Gasteiger partial charge in [-0.2, -0.15) is 5.26 Å². The molecular weight excluding hydrogens is 286 g/mol.